The minimum Gasteiger partial charge on any atom is -0.496 e. The van der Waals surface area contributed by atoms with Crippen LogP contribution in [-0.2, 0) is 17.1 Å². The first-order chi connectivity index (χ1) is 11.6. The van der Waals surface area contributed by atoms with E-state index in [0.29, 0.717) is 18.1 Å². The van der Waals surface area contributed by atoms with E-state index in [4.69, 9.17) is 4.74 Å². The number of hydrogen-bond donors (Lipinski definition) is 1. The molecule has 2 aromatic carbocycles. The molecule has 0 fully saturated rings. The van der Waals surface area contributed by atoms with E-state index in [0.717, 1.165) is 16.9 Å². The maximum absolute atomic E-state index is 11.9. The molecule has 2 aromatic rings. The number of amides is 1. The summed E-state index contributed by atoms with van der Waals surface area (Å²) in [7, 11) is 1.60. The van der Waals surface area contributed by atoms with Gasteiger partial charge in [0, 0.05) is 30.0 Å². The normalized spacial score (nSPS) is 10.2. The highest BCUT2D eigenvalue weighted by molar-refractivity contribution is 7.99. The van der Waals surface area contributed by atoms with Crippen LogP contribution in [0.3, 0.4) is 0 Å². The summed E-state index contributed by atoms with van der Waals surface area (Å²) in [6.07, 6.45) is 0. The number of carbonyl (C=O) groups excluding carboxylic acids is 1. The van der Waals surface area contributed by atoms with Crippen LogP contribution in [0.25, 0.3) is 0 Å². The second-order valence-electron chi connectivity index (χ2n) is 5.00. The van der Waals surface area contributed by atoms with E-state index in [-0.39, 0.29) is 11.6 Å². The van der Waals surface area contributed by atoms with E-state index in [1.54, 1.807) is 19.2 Å². The Bertz CT molecular complexity index is 704. The Hall–Kier alpha value is -2.54. The van der Waals surface area contributed by atoms with Crippen LogP contribution in [0.4, 0.5) is 5.69 Å². The minimum atomic E-state index is -0.428. The van der Waals surface area contributed by atoms with Gasteiger partial charge in [-0.3, -0.25) is 14.9 Å². The van der Waals surface area contributed by atoms with E-state index >= 15 is 0 Å². The molecular formula is C17H18N2O4S. The van der Waals surface area contributed by atoms with Gasteiger partial charge in [-0.25, -0.2) is 0 Å². The third-order valence-corrected chi connectivity index (χ3v) is 4.32. The predicted octanol–water partition coefficient (Wildman–Crippen LogP) is 3.15. The molecule has 6 nitrogen and oxygen atoms in total. The average molecular weight is 346 g/mol. The highest BCUT2D eigenvalue weighted by Gasteiger charge is 2.07. The molecule has 24 heavy (non-hydrogen) atoms. The van der Waals surface area contributed by atoms with Gasteiger partial charge >= 0.3 is 0 Å². The number of methoxy groups -OCH3 is 1. The summed E-state index contributed by atoms with van der Waals surface area (Å²) < 4.78 is 5.24. The average Bonchev–Trinajstić information content (AvgIpc) is 2.60. The quantitative estimate of drug-likeness (QED) is 0.586. The number of nitrogens with zero attached hydrogens (tertiary/aromatic N) is 1. The van der Waals surface area contributed by atoms with Gasteiger partial charge in [-0.1, -0.05) is 30.3 Å². The largest absolute Gasteiger partial charge is 0.496 e. The maximum Gasteiger partial charge on any atom is 0.269 e. The SMILES string of the molecule is COc1ccccc1CNC(=O)CSCc1ccc([N+](=O)[O-])cc1. The zero-order valence-corrected chi connectivity index (χ0v) is 14.0. The number of nitro groups is 1. The number of nitrogens with one attached hydrogen (secondary N) is 1. The monoisotopic (exact) mass is 346 g/mol. The number of para-hydroxylation sites is 1. The summed E-state index contributed by atoms with van der Waals surface area (Å²) in [6, 6.07) is 13.9. The molecule has 7 heteroatoms. The minimum absolute atomic E-state index is 0.0622. The molecule has 126 valence electrons. The smallest absolute Gasteiger partial charge is 0.269 e. The summed E-state index contributed by atoms with van der Waals surface area (Å²) >= 11 is 1.46. The second-order valence-corrected chi connectivity index (χ2v) is 5.99. The van der Waals surface area contributed by atoms with Crippen molar-refractivity contribution in [3.63, 3.8) is 0 Å². The lowest BCUT2D eigenvalue weighted by molar-refractivity contribution is -0.384. The number of hydrogen-bond acceptors (Lipinski definition) is 5. The Morgan fingerprint density at radius 1 is 1.21 bits per heavy atom. The predicted molar refractivity (Wildman–Crippen MR) is 94.1 cm³/mol. The molecular weight excluding hydrogens is 328 g/mol. The maximum atomic E-state index is 11.9. The van der Waals surface area contributed by atoms with Crippen LogP contribution in [-0.4, -0.2) is 23.7 Å². The summed E-state index contributed by atoms with van der Waals surface area (Å²) in [6.45, 7) is 0.418. The van der Waals surface area contributed by atoms with E-state index in [2.05, 4.69) is 5.32 Å². The fourth-order valence-corrected chi connectivity index (χ4v) is 2.89. The van der Waals surface area contributed by atoms with Crippen LogP contribution in [0.2, 0.25) is 0 Å². The molecule has 1 N–H and O–H groups in total. The van der Waals surface area contributed by atoms with Crippen LogP contribution >= 0.6 is 11.8 Å². The standard InChI is InChI=1S/C17H18N2O4S/c1-23-16-5-3-2-4-14(16)10-18-17(20)12-24-11-13-6-8-15(9-7-13)19(21)22/h2-9H,10-12H2,1H3,(H,18,20). The Morgan fingerprint density at radius 2 is 1.92 bits per heavy atom. The first-order valence-electron chi connectivity index (χ1n) is 7.30. The Balaban J connectivity index is 1.74. The number of benzene rings is 2. The highest BCUT2D eigenvalue weighted by Crippen LogP contribution is 2.18. The van der Waals surface area contributed by atoms with Gasteiger partial charge in [0.05, 0.1) is 17.8 Å². The number of nitro benzene ring substituents is 1. The third-order valence-electron chi connectivity index (χ3n) is 3.32. The topological polar surface area (TPSA) is 81.5 Å². The molecule has 0 saturated heterocycles. The molecule has 0 saturated carbocycles. The molecule has 0 atom stereocenters. The van der Waals surface area contributed by atoms with Gasteiger partial charge in [0.15, 0.2) is 0 Å². The van der Waals surface area contributed by atoms with Crippen molar-refractivity contribution < 1.29 is 14.5 Å². The zero-order chi connectivity index (χ0) is 17.4. The van der Waals surface area contributed by atoms with Crippen molar-refractivity contribution >= 4 is 23.4 Å². The van der Waals surface area contributed by atoms with Crippen LogP contribution in [0.1, 0.15) is 11.1 Å². The number of non-ortho nitro benzene ring substituents is 1. The van der Waals surface area contributed by atoms with Crippen molar-refractivity contribution in [2.24, 2.45) is 0 Å². The van der Waals surface area contributed by atoms with E-state index in [9.17, 15) is 14.9 Å². The molecule has 0 aliphatic heterocycles. The molecule has 2 rings (SSSR count). The van der Waals surface area contributed by atoms with Crippen molar-refractivity contribution in [2.45, 2.75) is 12.3 Å². The Morgan fingerprint density at radius 3 is 2.58 bits per heavy atom. The molecule has 0 aromatic heterocycles. The van der Waals surface area contributed by atoms with Crippen molar-refractivity contribution in [2.75, 3.05) is 12.9 Å². The van der Waals surface area contributed by atoms with Crippen molar-refractivity contribution in [3.8, 4) is 5.75 Å². The van der Waals surface area contributed by atoms with Crippen LogP contribution in [0.5, 0.6) is 5.75 Å². The number of rotatable bonds is 8. The van der Waals surface area contributed by atoms with Gasteiger partial charge in [-0.15, -0.1) is 11.8 Å². The lowest BCUT2D eigenvalue weighted by Gasteiger charge is -2.09. The second kappa shape index (κ2) is 8.93. The summed E-state index contributed by atoms with van der Waals surface area (Å²) in [4.78, 5) is 22.0. The lowest BCUT2D eigenvalue weighted by atomic mass is 10.2. The van der Waals surface area contributed by atoms with Gasteiger partial charge in [-0.2, -0.15) is 0 Å². The molecule has 0 spiro atoms. The lowest BCUT2D eigenvalue weighted by Crippen LogP contribution is -2.24. The molecule has 0 unspecified atom stereocenters. The first kappa shape index (κ1) is 17.8. The summed E-state index contributed by atoms with van der Waals surface area (Å²) in [5.74, 6) is 1.64. The molecule has 0 aliphatic rings. The van der Waals surface area contributed by atoms with Crippen LogP contribution in [0, 0.1) is 10.1 Å². The fourth-order valence-electron chi connectivity index (χ4n) is 2.07. The molecule has 0 radical (unpaired) electrons. The van der Waals surface area contributed by atoms with Gasteiger partial charge in [-0.05, 0) is 11.6 Å². The number of ether oxygens (including phenoxy) is 1. The van der Waals surface area contributed by atoms with Gasteiger partial charge in [0.2, 0.25) is 5.91 Å². The van der Waals surface area contributed by atoms with E-state index < -0.39 is 4.92 Å². The van der Waals surface area contributed by atoms with Crippen molar-refractivity contribution in [1.29, 1.82) is 0 Å². The summed E-state index contributed by atoms with van der Waals surface area (Å²) in [5, 5.41) is 13.4. The van der Waals surface area contributed by atoms with Gasteiger partial charge in [0.25, 0.3) is 5.69 Å². The summed E-state index contributed by atoms with van der Waals surface area (Å²) in [5.41, 5.74) is 1.94. The van der Waals surface area contributed by atoms with E-state index in [1.807, 2.05) is 24.3 Å². The van der Waals surface area contributed by atoms with Crippen LogP contribution in [0.15, 0.2) is 48.5 Å². The Labute approximate surface area is 144 Å². The molecule has 0 heterocycles. The fraction of sp³-hybridized carbons (Fsp3) is 0.235. The number of carbonyl (C=O) groups is 1. The zero-order valence-electron chi connectivity index (χ0n) is 13.2. The van der Waals surface area contributed by atoms with Crippen LogP contribution < -0.4 is 10.1 Å². The van der Waals surface area contributed by atoms with Crippen molar-refractivity contribution in [3.05, 3.63) is 69.8 Å². The molecule has 0 bridgehead atoms. The van der Waals surface area contributed by atoms with E-state index in [1.165, 1.54) is 23.9 Å². The van der Waals surface area contributed by atoms with Gasteiger partial charge < -0.3 is 10.1 Å². The molecule has 0 aliphatic carbocycles. The first-order valence-corrected chi connectivity index (χ1v) is 8.45. The highest BCUT2D eigenvalue weighted by atomic mass is 32.2. The molecule has 1 amide bonds. The third kappa shape index (κ3) is 5.27. The van der Waals surface area contributed by atoms with Gasteiger partial charge in [0.1, 0.15) is 5.75 Å². The number of thioether (sulfide) groups is 1. The van der Waals surface area contributed by atoms with Crippen molar-refractivity contribution in [1.82, 2.24) is 5.32 Å². The Kier molecular flexibility index (Phi) is 6.62.